The first kappa shape index (κ1) is 24.3. The molecule has 1 aliphatic carbocycles. The van der Waals surface area contributed by atoms with Crippen LogP contribution in [0.5, 0.6) is 0 Å². The van der Waals surface area contributed by atoms with E-state index in [0.29, 0.717) is 32.6 Å². The molecule has 7 rings (SSSR count). The highest BCUT2D eigenvalue weighted by Gasteiger charge is 2.50. The van der Waals surface area contributed by atoms with E-state index in [9.17, 15) is 9.59 Å². The molecule has 3 aliphatic heterocycles. The van der Waals surface area contributed by atoms with E-state index in [1.54, 1.807) is 4.68 Å². The second kappa shape index (κ2) is 9.45. The molecule has 39 heavy (non-hydrogen) atoms. The van der Waals surface area contributed by atoms with Crippen molar-refractivity contribution < 1.29 is 14.3 Å². The summed E-state index contributed by atoms with van der Waals surface area (Å²) in [5.74, 6) is 1.66. The molecule has 3 fully saturated rings. The summed E-state index contributed by atoms with van der Waals surface area (Å²) in [6, 6.07) is 16.9. The van der Waals surface area contributed by atoms with Crippen molar-refractivity contribution in [3.8, 4) is 22.3 Å². The molecule has 0 unspecified atom stereocenters. The fourth-order valence-corrected chi connectivity index (χ4v) is 6.03. The summed E-state index contributed by atoms with van der Waals surface area (Å²) < 4.78 is 7.38. The molecule has 200 valence electrons. The lowest BCUT2D eigenvalue weighted by Gasteiger charge is -2.41. The minimum atomic E-state index is -0.721. The van der Waals surface area contributed by atoms with Gasteiger partial charge in [0.1, 0.15) is 11.4 Å². The van der Waals surface area contributed by atoms with Gasteiger partial charge >= 0.3 is 0 Å². The third-order valence-corrected chi connectivity index (χ3v) is 8.57. The highest BCUT2D eigenvalue weighted by Crippen LogP contribution is 2.37. The Morgan fingerprint density at radius 3 is 2.08 bits per heavy atom. The van der Waals surface area contributed by atoms with Crippen LogP contribution in [0.2, 0.25) is 0 Å². The molecule has 4 heterocycles. The van der Waals surface area contributed by atoms with E-state index in [-0.39, 0.29) is 23.7 Å². The lowest BCUT2D eigenvalue weighted by atomic mass is 9.90. The first-order valence-electron chi connectivity index (χ1n) is 14.0. The van der Waals surface area contributed by atoms with Crippen LogP contribution in [0.15, 0.2) is 65.9 Å². The summed E-state index contributed by atoms with van der Waals surface area (Å²) in [5.41, 5.74) is 4.70. The number of aliphatic imine (C=N–C) groups is 1. The first-order valence-corrected chi connectivity index (χ1v) is 14.0. The van der Waals surface area contributed by atoms with Crippen LogP contribution in [-0.4, -0.2) is 75.6 Å². The summed E-state index contributed by atoms with van der Waals surface area (Å²) in [4.78, 5) is 35.1. The lowest BCUT2D eigenvalue weighted by Crippen LogP contribution is -2.56. The van der Waals surface area contributed by atoms with Gasteiger partial charge in [0.25, 0.3) is 5.91 Å². The highest BCUT2D eigenvalue weighted by atomic mass is 16.5. The number of hydrogen-bond acceptors (Lipinski definition) is 5. The Morgan fingerprint density at radius 2 is 1.51 bits per heavy atom. The van der Waals surface area contributed by atoms with Gasteiger partial charge in [-0.3, -0.25) is 24.2 Å². The molecular weight excluding hydrogens is 490 g/mol. The lowest BCUT2D eigenvalue weighted by molar-refractivity contribution is -0.140. The van der Waals surface area contributed by atoms with E-state index in [2.05, 4.69) is 53.6 Å². The fraction of sp³-hybridized carbons (Fsp3) is 0.419. The molecule has 4 aliphatic rings. The van der Waals surface area contributed by atoms with Gasteiger partial charge in [0.15, 0.2) is 0 Å². The topological polar surface area (TPSA) is 80.0 Å². The Labute approximate surface area is 228 Å². The number of aryl methyl sites for hydroxylation is 1. The zero-order valence-corrected chi connectivity index (χ0v) is 22.3. The molecule has 0 radical (unpaired) electrons. The van der Waals surface area contributed by atoms with Crippen molar-refractivity contribution in [2.75, 3.05) is 32.8 Å². The van der Waals surface area contributed by atoms with Gasteiger partial charge in [-0.1, -0.05) is 48.5 Å². The molecular formula is C31H33N5O3. The van der Waals surface area contributed by atoms with E-state index in [1.165, 1.54) is 0 Å². The molecule has 0 atom stereocenters. The number of ether oxygens (including phenoxy) is 1. The maximum absolute atomic E-state index is 13.8. The Morgan fingerprint density at radius 1 is 0.923 bits per heavy atom. The number of amides is 2. The number of benzene rings is 2. The normalized spacial score (nSPS) is 20.8. The molecule has 1 aromatic heterocycles. The Hall–Kier alpha value is -3.78. The Bertz CT molecular complexity index is 1430. The number of likely N-dealkylation sites (tertiary alicyclic amines) is 1. The van der Waals surface area contributed by atoms with Crippen LogP contribution in [0.25, 0.3) is 22.3 Å². The quantitative estimate of drug-likeness (QED) is 0.493. The third-order valence-electron chi connectivity index (χ3n) is 8.57. The van der Waals surface area contributed by atoms with Gasteiger partial charge in [-0.25, -0.2) is 0 Å². The average Bonchev–Trinajstić information content (AvgIpc) is 3.66. The van der Waals surface area contributed by atoms with Gasteiger partial charge in [0.05, 0.1) is 6.20 Å². The standard InChI is InChI=1S/C31H33N5O3/c1-34-20-27(16-32-34)24-4-2-22(3-5-24)23-6-8-25(9-7-23)28-33-31(12-14-39-15-13-31)30(38)36(28)19-21-17-35(18-21)29(37)26-10-11-26/h2-9,16,20-21,26H,10-15,17-19H2,1H3. The Balaban J connectivity index is 1.11. The molecule has 2 saturated heterocycles. The number of aromatic nitrogens is 2. The molecule has 2 aromatic carbocycles. The van der Waals surface area contributed by atoms with Crippen LogP contribution in [0, 0.1) is 11.8 Å². The van der Waals surface area contributed by atoms with Gasteiger partial charge in [0, 0.05) is 81.9 Å². The second-order valence-corrected chi connectivity index (χ2v) is 11.4. The predicted molar refractivity (Wildman–Crippen MR) is 148 cm³/mol. The van der Waals surface area contributed by atoms with E-state index < -0.39 is 5.54 Å². The SMILES string of the molecule is Cn1cc(-c2ccc(-c3ccc(C4=NC5(CCOCC5)C(=O)N4CC4CN(C(=O)C5CC5)C4)cc3)cc2)cn1. The third kappa shape index (κ3) is 4.46. The summed E-state index contributed by atoms with van der Waals surface area (Å²) in [7, 11) is 1.92. The van der Waals surface area contributed by atoms with Crippen molar-refractivity contribution in [2.45, 2.75) is 31.2 Å². The van der Waals surface area contributed by atoms with Crippen LogP contribution in [0.3, 0.4) is 0 Å². The fourth-order valence-electron chi connectivity index (χ4n) is 6.03. The molecule has 2 amide bonds. The minimum absolute atomic E-state index is 0.0860. The highest BCUT2D eigenvalue weighted by molar-refractivity contribution is 6.15. The van der Waals surface area contributed by atoms with Crippen LogP contribution in [-0.2, 0) is 21.4 Å². The van der Waals surface area contributed by atoms with Crippen molar-refractivity contribution in [2.24, 2.45) is 23.9 Å². The average molecular weight is 524 g/mol. The maximum atomic E-state index is 13.8. The molecule has 1 saturated carbocycles. The van der Waals surface area contributed by atoms with Crippen LogP contribution in [0.1, 0.15) is 31.2 Å². The van der Waals surface area contributed by atoms with E-state index in [1.807, 2.05) is 29.2 Å². The maximum Gasteiger partial charge on any atom is 0.256 e. The number of amidine groups is 1. The minimum Gasteiger partial charge on any atom is -0.381 e. The van der Waals surface area contributed by atoms with E-state index in [4.69, 9.17) is 9.73 Å². The van der Waals surface area contributed by atoms with Crippen LogP contribution in [0.4, 0.5) is 0 Å². The zero-order valence-electron chi connectivity index (χ0n) is 22.3. The van der Waals surface area contributed by atoms with Gasteiger partial charge in [-0.15, -0.1) is 0 Å². The first-order chi connectivity index (χ1) is 19.0. The number of carbonyl (C=O) groups is 2. The smallest absolute Gasteiger partial charge is 0.256 e. The van der Waals surface area contributed by atoms with Crippen molar-refractivity contribution >= 4 is 17.6 Å². The van der Waals surface area contributed by atoms with Crippen molar-refractivity contribution in [3.63, 3.8) is 0 Å². The van der Waals surface area contributed by atoms with Crippen molar-refractivity contribution in [1.29, 1.82) is 0 Å². The summed E-state index contributed by atoms with van der Waals surface area (Å²) in [5, 5.41) is 4.26. The van der Waals surface area contributed by atoms with E-state index in [0.717, 1.165) is 59.6 Å². The summed E-state index contributed by atoms with van der Waals surface area (Å²) in [6.45, 7) is 3.17. The largest absolute Gasteiger partial charge is 0.381 e. The van der Waals surface area contributed by atoms with Crippen molar-refractivity contribution in [3.05, 3.63) is 66.5 Å². The van der Waals surface area contributed by atoms with Gasteiger partial charge in [-0.05, 0) is 29.5 Å². The van der Waals surface area contributed by atoms with Crippen LogP contribution < -0.4 is 0 Å². The Kier molecular flexibility index (Phi) is 5.88. The number of nitrogens with zero attached hydrogens (tertiary/aromatic N) is 5. The summed E-state index contributed by atoms with van der Waals surface area (Å²) >= 11 is 0. The van der Waals surface area contributed by atoms with Gasteiger partial charge in [-0.2, -0.15) is 5.10 Å². The molecule has 8 heteroatoms. The molecule has 3 aromatic rings. The molecule has 0 N–H and O–H groups in total. The molecule has 8 nitrogen and oxygen atoms in total. The number of hydrogen-bond donors (Lipinski definition) is 0. The second-order valence-electron chi connectivity index (χ2n) is 11.4. The monoisotopic (exact) mass is 523 g/mol. The van der Waals surface area contributed by atoms with Gasteiger partial charge < -0.3 is 9.64 Å². The molecule has 1 spiro atoms. The van der Waals surface area contributed by atoms with Gasteiger partial charge in [0.2, 0.25) is 5.91 Å². The number of carbonyl (C=O) groups excluding carboxylic acids is 2. The number of rotatable bonds is 6. The van der Waals surface area contributed by atoms with Crippen LogP contribution >= 0.6 is 0 Å². The van der Waals surface area contributed by atoms with Crippen molar-refractivity contribution in [1.82, 2.24) is 19.6 Å². The predicted octanol–water partition coefficient (Wildman–Crippen LogP) is 3.76. The summed E-state index contributed by atoms with van der Waals surface area (Å²) in [6.07, 6.45) is 7.16. The van der Waals surface area contributed by atoms with E-state index >= 15 is 0 Å². The molecule has 0 bridgehead atoms. The zero-order chi connectivity index (χ0) is 26.6.